The number of anilines is 1. The van der Waals surface area contributed by atoms with Crippen LogP contribution in [0.5, 0.6) is 0 Å². The lowest BCUT2D eigenvalue weighted by Crippen LogP contribution is -2.49. The van der Waals surface area contributed by atoms with E-state index in [-0.39, 0.29) is 11.7 Å². The Balaban J connectivity index is 1.32. The van der Waals surface area contributed by atoms with Crippen LogP contribution in [0.25, 0.3) is 0 Å². The number of rotatable bonds is 7. The fourth-order valence-corrected chi connectivity index (χ4v) is 3.76. The highest BCUT2D eigenvalue weighted by Gasteiger charge is 2.22. The summed E-state index contributed by atoms with van der Waals surface area (Å²) in [6.07, 6.45) is 9.15. The predicted molar refractivity (Wildman–Crippen MR) is 104 cm³/mol. The molecular formula is C21H30FN3O. The van der Waals surface area contributed by atoms with Gasteiger partial charge in [-0.3, -0.25) is 4.79 Å². The number of nitrogens with one attached hydrogen (secondary N) is 1. The lowest BCUT2D eigenvalue weighted by molar-refractivity contribution is -0.131. The van der Waals surface area contributed by atoms with E-state index in [0.29, 0.717) is 38.3 Å². The number of benzene rings is 1. The van der Waals surface area contributed by atoms with Crippen molar-refractivity contribution >= 4 is 11.6 Å². The maximum Gasteiger partial charge on any atom is 0.223 e. The maximum absolute atomic E-state index is 13.9. The minimum absolute atomic E-state index is 0.190. The number of carbonyl (C=O) groups is 1. The van der Waals surface area contributed by atoms with Gasteiger partial charge in [-0.2, -0.15) is 0 Å². The minimum atomic E-state index is -0.190. The van der Waals surface area contributed by atoms with Crippen LogP contribution in [-0.2, 0) is 4.79 Å². The Bertz CT molecular complexity index is 623. The molecule has 0 bridgehead atoms. The summed E-state index contributed by atoms with van der Waals surface area (Å²) < 4.78 is 13.9. The highest BCUT2D eigenvalue weighted by Crippen LogP contribution is 2.20. The van der Waals surface area contributed by atoms with Crippen molar-refractivity contribution in [2.75, 3.05) is 44.2 Å². The molecule has 1 aliphatic carbocycles. The summed E-state index contributed by atoms with van der Waals surface area (Å²) in [5.41, 5.74) is 2.21. The third kappa shape index (κ3) is 5.31. The van der Waals surface area contributed by atoms with E-state index in [9.17, 15) is 9.18 Å². The van der Waals surface area contributed by atoms with Crippen molar-refractivity contribution in [1.82, 2.24) is 10.2 Å². The quantitative estimate of drug-likeness (QED) is 0.599. The van der Waals surface area contributed by atoms with Gasteiger partial charge in [0.1, 0.15) is 5.82 Å². The van der Waals surface area contributed by atoms with Crippen LogP contribution < -0.4 is 10.2 Å². The summed E-state index contributed by atoms with van der Waals surface area (Å²) in [6, 6.07) is 6.85. The van der Waals surface area contributed by atoms with Gasteiger partial charge in [0.25, 0.3) is 0 Å². The van der Waals surface area contributed by atoms with Crippen molar-refractivity contribution in [3.8, 4) is 0 Å². The Morgan fingerprint density at radius 3 is 2.62 bits per heavy atom. The van der Waals surface area contributed by atoms with Crippen LogP contribution in [0.3, 0.4) is 0 Å². The van der Waals surface area contributed by atoms with Crippen LogP contribution in [0.15, 0.2) is 35.9 Å². The maximum atomic E-state index is 13.9. The minimum Gasteiger partial charge on any atom is -0.366 e. The molecule has 5 heteroatoms. The largest absolute Gasteiger partial charge is 0.366 e. The van der Waals surface area contributed by atoms with Gasteiger partial charge >= 0.3 is 0 Å². The average Bonchev–Trinajstić information content (AvgIpc) is 2.69. The van der Waals surface area contributed by atoms with Crippen molar-refractivity contribution in [2.24, 2.45) is 0 Å². The monoisotopic (exact) mass is 359 g/mol. The molecule has 4 nitrogen and oxygen atoms in total. The molecule has 0 atom stereocenters. The van der Waals surface area contributed by atoms with Crippen molar-refractivity contribution in [3.63, 3.8) is 0 Å². The summed E-state index contributed by atoms with van der Waals surface area (Å²) in [5, 5.41) is 3.40. The molecule has 1 aromatic carbocycles. The van der Waals surface area contributed by atoms with E-state index in [1.807, 2.05) is 15.9 Å². The van der Waals surface area contributed by atoms with Crippen LogP contribution in [0, 0.1) is 5.82 Å². The molecule has 26 heavy (non-hydrogen) atoms. The molecule has 1 aliphatic heterocycles. The first-order chi connectivity index (χ1) is 12.7. The molecule has 1 heterocycles. The predicted octanol–water partition coefficient (Wildman–Crippen LogP) is 3.34. The summed E-state index contributed by atoms with van der Waals surface area (Å²) in [7, 11) is 0. The standard InChI is InChI=1S/C21H30FN3O/c22-19-8-4-5-9-20(19)24-14-16-25(17-15-24)21(26)11-13-23-12-10-18-6-2-1-3-7-18/h4-6,8-9,23H,1-3,7,10-17H2. The van der Waals surface area contributed by atoms with E-state index in [0.717, 1.165) is 19.5 Å². The summed E-state index contributed by atoms with van der Waals surface area (Å²) in [4.78, 5) is 16.3. The molecule has 3 rings (SSSR count). The van der Waals surface area contributed by atoms with Crippen LogP contribution in [-0.4, -0.2) is 50.1 Å². The zero-order chi connectivity index (χ0) is 18.2. The number of carbonyl (C=O) groups excluding carboxylic acids is 1. The molecule has 0 spiro atoms. The Kier molecular flexibility index (Phi) is 7.06. The lowest BCUT2D eigenvalue weighted by atomic mass is 9.97. The number of piperazine rings is 1. The fourth-order valence-electron chi connectivity index (χ4n) is 3.76. The van der Waals surface area contributed by atoms with Crippen LogP contribution in [0.1, 0.15) is 38.5 Å². The van der Waals surface area contributed by atoms with E-state index < -0.39 is 0 Å². The number of para-hydroxylation sites is 1. The molecule has 1 fully saturated rings. The molecule has 0 aromatic heterocycles. The second kappa shape index (κ2) is 9.72. The summed E-state index contributed by atoms with van der Waals surface area (Å²) in [5.74, 6) is 0.00660. The zero-order valence-corrected chi connectivity index (χ0v) is 15.6. The van der Waals surface area contributed by atoms with Gasteiger partial charge in [-0.1, -0.05) is 23.8 Å². The van der Waals surface area contributed by atoms with Crippen LogP contribution >= 0.6 is 0 Å². The molecule has 1 saturated heterocycles. The fraction of sp³-hybridized carbons (Fsp3) is 0.571. The summed E-state index contributed by atoms with van der Waals surface area (Å²) in [6.45, 7) is 4.41. The highest BCUT2D eigenvalue weighted by molar-refractivity contribution is 5.76. The van der Waals surface area contributed by atoms with Crippen molar-refractivity contribution in [3.05, 3.63) is 41.7 Å². The topological polar surface area (TPSA) is 35.6 Å². The van der Waals surface area contributed by atoms with Crippen molar-refractivity contribution in [2.45, 2.75) is 38.5 Å². The Hall–Kier alpha value is -1.88. The third-order valence-electron chi connectivity index (χ3n) is 5.35. The molecule has 0 saturated carbocycles. The van der Waals surface area contributed by atoms with Gasteiger partial charge in [-0.15, -0.1) is 0 Å². The van der Waals surface area contributed by atoms with E-state index >= 15 is 0 Å². The third-order valence-corrected chi connectivity index (χ3v) is 5.35. The van der Waals surface area contributed by atoms with Gasteiger partial charge in [0, 0.05) is 39.1 Å². The Labute approximate surface area is 156 Å². The van der Waals surface area contributed by atoms with Crippen molar-refractivity contribution < 1.29 is 9.18 Å². The highest BCUT2D eigenvalue weighted by atomic mass is 19.1. The molecular weight excluding hydrogens is 329 g/mol. The van der Waals surface area contributed by atoms with Gasteiger partial charge < -0.3 is 15.1 Å². The first-order valence-corrected chi connectivity index (χ1v) is 9.90. The number of hydrogen-bond donors (Lipinski definition) is 1. The number of halogens is 1. The first kappa shape index (κ1) is 18.9. The molecule has 142 valence electrons. The molecule has 0 radical (unpaired) electrons. The second-order valence-electron chi connectivity index (χ2n) is 7.18. The Morgan fingerprint density at radius 2 is 1.88 bits per heavy atom. The lowest BCUT2D eigenvalue weighted by Gasteiger charge is -2.36. The van der Waals surface area contributed by atoms with Gasteiger partial charge in [-0.25, -0.2) is 4.39 Å². The van der Waals surface area contributed by atoms with E-state index in [4.69, 9.17) is 0 Å². The molecule has 1 N–H and O–H groups in total. The number of hydrogen-bond acceptors (Lipinski definition) is 3. The second-order valence-corrected chi connectivity index (χ2v) is 7.18. The number of amides is 1. The van der Waals surface area contributed by atoms with Crippen LogP contribution in [0.2, 0.25) is 0 Å². The molecule has 1 amide bonds. The average molecular weight is 359 g/mol. The smallest absolute Gasteiger partial charge is 0.223 e. The summed E-state index contributed by atoms with van der Waals surface area (Å²) >= 11 is 0. The molecule has 2 aliphatic rings. The van der Waals surface area contributed by atoms with Crippen molar-refractivity contribution in [1.29, 1.82) is 0 Å². The van der Waals surface area contributed by atoms with E-state index in [1.54, 1.807) is 17.7 Å². The van der Waals surface area contributed by atoms with Crippen LogP contribution in [0.4, 0.5) is 10.1 Å². The van der Waals surface area contributed by atoms with E-state index in [1.165, 1.54) is 31.7 Å². The van der Waals surface area contributed by atoms with Gasteiger partial charge in [0.05, 0.1) is 5.69 Å². The SMILES string of the molecule is O=C(CCNCCC1=CCCCC1)N1CCN(c2ccccc2F)CC1. The molecule has 1 aromatic rings. The number of nitrogens with zero attached hydrogens (tertiary/aromatic N) is 2. The zero-order valence-electron chi connectivity index (χ0n) is 15.6. The first-order valence-electron chi connectivity index (χ1n) is 9.90. The van der Waals surface area contributed by atoms with Gasteiger partial charge in [-0.05, 0) is 50.8 Å². The number of allylic oxidation sites excluding steroid dienone is 1. The Morgan fingerprint density at radius 1 is 1.08 bits per heavy atom. The van der Waals surface area contributed by atoms with Gasteiger partial charge in [0.15, 0.2) is 0 Å². The normalized spacial score (nSPS) is 18.0. The van der Waals surface area contributed by atoms with E-state index in [2.05, 4.69) is 11.4 Å². The van der Waals surface area contributed by atoms with Gasteiger partial charge in [0.2, 0.25) is 5.91 Å². The molecule has 0 unspecified atom stereocenters.